The summed E-state index contributed by atoms with van der Waals surface area (Å²) in [6.07, 6.45) is 1.20. The van der Waals surface area contributed by atoms with Crippen LogP contribution in [-0.2, 0) is 0 Å². The van der Waals surface area contributed by atoms with Crippen LogP contribution >= 0.6 is 11.6 Å². The Morgan fingerprint density at radius 3 is 2.61 bits per heavy atom. The van der Waals surface area contributed by atoms with E-state index in [4.69, 9.17) is 11.6 Å². The average Bonchev–Trinajstić information content (AvgIpc) is 2.26. The van der Waals surface area contributed by atoms with Crippen LogP contribution < -0.4 is 5.32 Å². The molecule has 0 aromatic carbocycles. The fourth-order valence-corrected chi connectivity index (χ4v) is 1.40. The Balaban J connectivity index is 2.78. The van der Waals surface area contributed by atoms with Crippen molar-refractivity contribution in [2.24, 2.45) is 11.3 Å². The number of hydrogen-bond acceptors (Lipinski definition) is 4. The van der Waals surface area contributed by atoms with E-state index < -0.39 is 4.92 Å². The van der Waals surface area contributed by atoms with Crippen LogP contribution in [0.1, 0.15) is 27.7 Å². The molecule has 0 fully saturated rings. The van der Waals surface area contributed by atoms with Crippen LogP contribution in [0.5, 0.6) is 0 Å². The maximum Gasteiger partial charge on any atom is 0.289 e. The third kappa shape index (κ3) is 3.57. The molecule has 5 nitrogen and oxygen atoms in total. The summed E-state index contributed by atoms with van der Waals surface area (Å²) in [5, 5.41) is 14.0. The first-order valence-corrected chi connectivity index (χ1v) is 6.15. The highest BCUT2D eigenvalue weighted by atomic mass is 35.5. The zero-order chi connectivity index (χ0) is 13.9. The van der Waals surface area contributed by atoms with Crippen molar-refractivity contribution in [1.82, 2.24) is 4.98 Å². The van der Waals surface area contributed by atoms with Crippen LogP contribution in [-0.4, -0.2) is 16.5 Å². The predicted molar refractivity (Wildman–Crippen MR) is 73.0 cm³/mol. The van der Waals surface area contributed by atoms with Crippen LogP contribution in [0.25, 0.3) is 0 Å². The number of anilines is 1. The van der Waals surface area contributed by atoms with Crippen molar-refractivity contribution in [3.8, 4) is 0 Å². The maximum atomic E-state index is 10.6. The summed E-state index contributed by atoms with van der Waals surface area (Å²) in [4.78, 5) is 14.0. The van der Waals surface area contributed by atoms with E-state index in [0.717, 1.165) is 0 Å². The van der Waals surface area contributed by atoms with Crippen LogP contribution in [0.2, 0.25) is 5.02 Å². The van der Waals surface area contributed by atoms with Crippen molar-refractivity contribution in [3.05, 3.63) is 27.4 Å². The van der Waals surface area contributed by atoms with Gasteiger partial charge in [-0.2, -0.15) is 0 Å². The highest BCUT2D eigenvalue weighted by Crippen LogP contribution is 2.28. The number of halogens is 1. The lowest BCUT2D eigenvalue weighted by Gasteiger charge is -2.29. The smallest absolute Gasteiger partial charge is 0.289 e. The Morgan fingerprint density at radius 1 is 1.56 bits per heavy atom. The molecular weight excluding hydrogens is 254 g/mol. The Hall–Kier alpha value is -1.36. The van der Waals surface area contributed by atoms with Crippen molar-refractivity contribution in [3.63, 3.8) is 0 Å². The zero-order valence-corrected chi connectivity index (χ0v) is 11.8. The van der Waals surface area contributed by atoms with Gasteiger partial charge in [-0.25, -0.2) is 4.98 Å². The molecule has 1 N–H and O–H groups in total. The Kier molecular flexibility index (Phi) is 4.51. The summed E-state index contributed by atoms with van der Waals surface area (Å²) in [6, 6.07) is 1.30. The SMILES string of the molecule is CC(C)C(C)(C)CNc1ncc([N+](=O)[O-])cc1Cl. The first-order valence-electron chi connectivity index (χ1n) is 5.78. The lowest BCUT2D eigenvalue weighted by Crippen LogP contribution is -2.28. The molecule has 0 aliphatic heterocycles. The molecule has 0 unspecified atom stereocenters. The minimum absolute atomic E-state index is 0.0901. The molecule has 1 heterocycles. The lowest BCUT2D eigenvalue weighted by molar-refractivity contribution is -0.385. The third-order valence-electron chi connectivity index (χ3n) is 3.31. The summed E-state index contributed by atoms with van der Waals surface area (Å²) in [6.45, 7) is 9.28. The number of hydrogen-bond donors (Lipinski definition) is 1. The molecular formula is C12H18ClN3O2. The lowest BCUT2D eigenvalue weighted by atomic mass is 9.81. The van der Waals surface area contributed by atoms with E-state index in [2.05, 4.69) is 38.0 Å². The van der Waals surface area contributed by atoms with Gasteiger partial charge in [0.1, 0.15) is 12.0 Å². The molecule has 0 radical (unpaired) electrons. The fourth-order valence-electron chi connectivity index (χ4n) is 1.17. The van der Waals surface area contributed by atoms with E-state index >= 15 is 0 Å². The van der Waals surface area contributed by atoms with E-state index in [1.165, 1.54) is 12.3 Å². The molecule has 6 heteroatoms. The van der Waals surface area contributed by atoms with Gasteiger partial charge in [-0.15, -0.1) is 0 Å². The van der Waals surface area contributed by atoms with Crippen molar-refractivity contribution in [1.29, 1.82) is 0 Å². The summed E-state index contributed by atoms with van der Waals surface area (Å²) in [5.74, 6) is 0.984. The topological polar surface area (TPSA) is 68.1 Å². The second-order valence-electron chi connectivity index (χ2n) is 5.28. The van der Waals surface area contributed by atoms with E-state index in [9.17, 15) is 10.1 Å². The molecule has 1 rings (SSSR count). The number of pyridine rings is 1. The van der Waals surface area contributed by atoms with Crippen LogP contribution in [0.15, 0.2) is 12.3 Å². The number of rotatable bonds is 5. The Labute approximate surface area is 112 Å². The molecule has 0 bridgehead atoms. The second kappa shape index (κ2) is 5.52. The summed E-state index contributed by atoms with van der Waals surface area (Å²) < 4.78 is 0. The van der Waals surface area contributed by atoms with Gasteiger partial charge in [0.05, 0.1) is 9.95 Å². The fraction of sp³-hybridized carbons (Fsp3) is 0.583. The molecule has 0 aliphatic rings. The van der Waals surface area contributed by atoms with Gasteiger partial charge in [-0.3, -0.25) is 10.1 Å². The zero-order valence-electron chi connectivity index (χ0n) is 11.0. The van der Waals surface area contributed by atoms with Gasteiger partial charge in [0.2, 0.25) is 0 Å². The summed E-state index contributed by atoms with van der Waals surface area (Å²) >= 11 is 5.95. The first-order chi connectivity index (χ1) is 8.24. The molecule has 0 spiro atoms. The van der Waals surface area contributed by atoms with Gasteiger partial charge in [-0.05, 0) is 11.3 Å². The van der Waals surface area contributed by atoms with E-state index in [-0.39, 0.29) is 16.1 Å². The van der Waals surface area contributed by atoms with Gasteiger partial charge in [0.15, 0.2) is 0 Å². The Bertz CT molecular complexity index is 447. The van der Waals surface area contributed by atoms with Crippen LogP contribution in [0, 0.1) is 21.4 Å². The monoisotopic (exact) mass is 271 g/mol. The third-order valence-corrected chi connectivity index (χ3v) is 3.60. The molecule has 18 heavy (non-hydrogen) atoms. The van der Waals surface area contributed by atoms with E-state index in [1.54, 1.807) is 0 Å². The summed E-state index contributed by atoms with van der Waals surface area (Å²) in [7, 11) is 0. The van der Waals surface area contributed by atoms with Crippen LogP contribution in [0.4, 0.5) is 11.5 Å². The normalized spacial score (nSPS) is 11.7. The predicted octanol–water partition coefficient (Wildman–Crippen LogP) is 3.74. The molecule has 100 valence electrons. The number of nitrogens with one attached hydrogen (secondary N) is 1. The molecule has 0 aliphatic carbocycles. The van der Waals surface area contributed by atoms with Crippen molar-refractivity contribution in [2.45, 2.75) is 27.7 Å². The molecule has 0 amide bonds. The number of nitrogens with zero attached hydrogens (tertiary/aromatic N) is 2. The highest BCUT2D eigenvalue weighted by Gasteiger charge is 2.22. The van der Waals surface area contributed by atoms with Crippen LogP contribution in [0.3, 0.4) is 0 Å². The van der Waals surface area contributed by atoms with Gasteiger partial charge >= 0.3 is 0 Å². The quantitative estimate of drug-likeness (QED) is 0.654. The minimum Gasteiger partial charge on any atom is -0.368 e. The Morgan fingerprint density at radius 2 is 2.17 bits per heavy atom. The van der Waals surface area contributed by atoms with E-state index in [1.807, 2.05) is 0 Å². The van der Waals surface area contributed by atoms with Gasteiger partial charge in [0, 0.05) is 12.6 Å². The standard InChI is InChI=1S/C12H18ClN3O2/c1-8(2)12(3,4)7-15-11-10(13)5-9(6-14-11)16(17)18/h5-6,8H,7H2,1-4H3,(H,14,15). The second-order valence-corrected chi connectivity index (χ2v) is 5.69. The van der Waals surface area contributed by atoms with Gasteiger partial charge in [-0.1, -0.05) is 39.3 Å². The molecule has 1 aromatic heterocycles. The molecule has 0 atom stereocenters. The highest BCUT2D eigenvalue weighted by molar-refractivity contribution is 6.33. The molecule has 0 saturated carbocycles. The number of nitro groups is 1. The maximum absolute atomic E-state index is 10.6. The molecule has 0 saturated heterocycles. The molecule has 1 aromatic rings. The first kappa shape index (κ1) is 14.7. The van der Waals surface area contributed by atoms with Crippen molar-refractivity contribution < 1.29 is 4.92 Å². The average molecular weight is 272 g/mol. The summed E-state index contributed by atoms with van der Waals surface area (Å²) in [5.41, 5.74) is -0.0130. The van der Waals surface area contributed by atoms with E-state index in [0.29, 0.717) is 18.3 Å². The minimum atomic E-state index is -0.513. The van der Waals surface area contributed by atoms with Gasteiger partial charge < -0.3 is 5.32 Å². The van der Waals surface area contributed by atoms with Gasteiger partial charge in [0.25, 0.3) is 5.69 Å². The largest absolute Gasteiger partial charge is 0.368 e. The van der Waals surface area contributed by atoms with Crippen molar-refractivity contribution in [2.75, 3.05) is 11.9 Å². The number of aromatic nitrogens is 1. The van der Waals surface area contributed by atoms with Crippen molar-refractivity contribution >= 4 is 23.1 Å².